The molecule has 0 saturated carbocycles. The van der Waals surface area contributed by atoms with E-state index in [4.69, 9.17) is 9.47 Å². The highest BCUT2D eigenvalue weighted by Crippen LogP contribution is 2.31. The number of aromatic nitrogens is 3. The van der Waals surface area contributed by atoms with Gasteiger partial charge in [0.05, 0.1) is 22.5 Å². The molecule has 0 bridgehead atoms. The summed E-state index contributed by atoms with van der Waals surface area (Å²) in [7, 11) is 0. The molecule has 36 heavy (non-hydrogen) atoms. The smallest absolute Gasteiger partial charge is 0.416 e. The Morgan fingerprint density at radius 2 is 1.72 bits per heavy atom. The van der Waals surface area contributed by atoms with Gasteiger partial charge in [0.1, 0.15) is 24.5 Å². The van der Waals surface area contributed by atoms with E-state index in [9.17, 15) is 18.0 Å². The summed E-state index contributed by atoms with van der Waals surface area (Å²) in [5.41, 5.74) is 1.54. The van der Waals surface area contributed by atoms with Gasteiger partial charge in [0.2, 0.25) is 0 Å². The zero-order valence-electron chi connectivity index (χ0n) is 20.6. The molecule has 0 unspecified atom stereocenters. The van der Waals surface area contributed by atoms with E-state index < -0.39 is 17.3 Å². The van der Waals surface area contributed by atoms with Gasteiger partial charge in [-0.15, -0.1) is 0 Å². The first-order valence-electron chi connectivity index (χ1n) is 11.6. The summed E-state index contributed by atoms with van der Waals surface area (Å²) in [6, 6.07) is 14.3. The maximum absolute atomic E-state index is 12.9. The zero-order chi connectivity index (χ0) is 26.1. The summed E-state index contributed by atoms with van der Waals surface area (Å²) in [5.74, 6) is 0.292. The van der Waals surface area contributed by atoms with E-state index in [0.29, 0.717) is 23.6 Å². The highest BCUT2D eigenvalue weighted by Gasteiger charge is 2.30. The molecule has 0 radical (unpaired) electrons. The maximum atomic E-state index is 12.9. The molecule has 190 valence electrons. The largest absolute Gasteiger partial charge is 0.487 e. The van der Waals surface area contributed by atoms with Crippen molar-refractivity contribution >= 4 is 16.9 Å². The minimum Gasteiger partial charge on any atom is -0.487 e. The van der Waals surface area contributed by atoms with Gasteiger partial charge >= 0.3 is 12.1 Å². The van der Waals surface area contributed by atoms with E-state index in [-0.39, 0.29) is 19.1 Å². The van der Waals surface area contributed by atoms with Gasteiger partial charge in [-0.25, -0.2) is 0 Å². The monoisotopic (exact) mass is 499 g/mol. The number of aryl methyl sites for hydroxylation is 1. The molecule has 4 aromatic rings. The molecule has 2 aromatic carbocycles. The van der Waals surface area contributed by atoms with Crippen molar-refractivity contribution in [2.24, 2.45) is 0 Å². The molecule has 4 rings (SSSR count). The number of benzene rings is 2. The summed E-state index contributed by atoms with van der Waals surface area (Å²) < 4.78 is 53.7. The van der Waals surface area contributed by atoms with Crippen molar-refractivity contribution in [2.75, 3.05) is 0 Å². The number of hydrogen-bond donors (Lipinski definition) is 0. The number of halogens is 3. The van der Waals surface area contributed by atoms with Crippen LogP contribution >= 0.6 is 0 Å². The molecular formula is C27H28F3N3O3. The number of rotatable bonds is 7. The average molecular weight is 500 g/mol. The standard InChI is InChI=1S/C27H28F3N3O3/c1-5-33-21(14-23(31-33)18-6-9-20(10-7-18)27(28,29)30)17-35-22-11-8-19-12-13-32(24(19)15-22)16-25(34)36-26(2,3)4/h6-15H,5,16-17H2,1-4H3. The van der Waals surface area contributed by atoms with Gasteiger partial charge in [-0.2, -0.15) is 18.3 Å². The Hall–Kier alpha value is -3.75. The van der Waals surface area contributed by atoms with Crippen molar-refractivity contribution in [3.63, 3.8) is 0 Å². The summed E-state index contributed by atoms with van der Waals surface area (Å²) in [4.78, 5) is 12.3. The van der Waals surface area contributed by atoms with E-state index in [1.807, 2.05) is 68.8 Å². The number of hydrogen-bond acceptors (Lipinski definition) is 4. The fourth-order valence-corrected chi connectivity index (χ4v) is 3.88. The third kappa shape index (κ3) is 5.90. The number of alkyl halides is 3. The van der Waals surface area contributed by atoms with Gasteiger partial charge in [0.25, 0.3) is 0 Å². The minimum atomic E-state index is -4.38. The molecule has 0 aliphatic heterocycles. The van der Waals surface area contributed by atoms with Gasteiger partial charge in [-0.3, -0.25) is 9.48 Å². The van der Waals surface area contributed by atoms with Crippen LogP contribution in [0, 0.1) is 0 Å². The molecule has 0 saturated heterocycles. The van der Waals surface area contributed by atoms with Gasteiger partial charge in [0, 0.05) is 24.4 Å². The second-order valence-corrected chi connectivity index (χ2v) is 9.45. The van der Waals surface area contributed by atoms with Gasteiger partial charge in [0.15, 0.2) is 0 Å². The zero-order valence-corrected chi connectivity index (χ0v) is 20.6. The normalized spacial score (nSPS) is 12.2. The molecule has 0 atom stereocenters. The molecule has 0 amide bonds. The second kappa shape index (κ2) is 9.72. The first-order chi connectivity index (χ1) is 16.9. The van der Waals surface area contributed by atoms with Crippen LogP contribution in [0.25, 0.3) is 22.2 Å². The van der Waals surface area contributed by atoms with Crippen LogP contribution in [0.4, 0.5) is 13.2 Å². The van der Waals surface area contributed by atoms with Crippen LogP contribution < -0.4 is 4.74 Å². The molecule has 0 aliphatic carbocycles. The number of nitrogens with zero attached hydrogens (tertiary/aromatic N) is 3. The molecule has 2 aromatic heterocycles. The number of carbonyl (C=O) groups is 1. The van der Waals surface area contributed by atoms with Crippen LogP contribution in [0.1, 0.15) is 39.0 Å². The van der Waals surface area contributed by atoms with Crippen molar-refractivity contribution in [2.45, 2.75) is 59.2 Å². The predicted octanol–water partition coefficient (Wildman–Crippen LogP) is 6.46. The van der Waals surface area contributed by atoms with E-state index in [0.717, 1.165) is 28.7 Å². The van der Waals surface area contributed by atoms with Gasteiger partial charge < -0.3 is 14.0 Å². The highest BCUT2D eigenvalue weighted by molar-refractivity contribution is 5.83. The van der Waals surface area contributed by atoms with Crippen molar-refractivity contribution in [1.82, 2.24) is 14.3 Å². The third-order valence-corrected chi connectivity index (χ3v) is 5.52. The second-order valence-electron chi connectivity index (χ2n) is 9.45. The fourth-order valence-electron chi connectivity index (χ4n) is 3.88. The predicted molar refractivity (Wildman–Crippen MR) is 130 cm³/mol. The maximum Gasteiger partial charge on any atom is 0.416 e. The quantitative estimate of drug-likeness (QED) is 0.274. The van der Waals surface area contributed by atoms with Crippen LogP contribution in [-0.4, -0.2) is 25.9 Å². The van der Waals surface area contributed by atoms with Crippen molar-refractivity contribution < 1.29 is 27.4 Å². The SMILES string of the molecule is CCn1nc(-c2ccc(C(F)(F)F)cc2)cc1COc1ccc2ccn(CC(=O)OC(C)(C)C)c2c1. The van der Waals surface area contributed by atoms with Crippen molar-refractivity contribution in [3.05, 3.63) is 72.1 Å². The van der Waals surface area contributed by atoms with E-state index >= 15 is 0 Å². The van der Waals surface area contributed by atoms with E-state index in [1.165, 1.54) is 12.1 Å². The minimum absolute atomic E-state index is 0.0866. The van der Waals surface area contributed by atoms with Gasteiger partial charge in [-0.05, 0) is 69.5 Å². The molecule has 0 spiro atoms. The topological polar surface area (TPSA) is 58.3 Å². The number of carbonyl (C=O) groups excluding carboxylic acids is 1. The highest BCUT2D eigenvalue weighted by atomic mass is 19.4. The molecule has 6 nitrogen and oxygen atoms in total. The summed E-state index contributed by atoms with van der Waals surface area (Å²) in [6.45, 7) is 8.31. The molecular weight excluding hydrogens is 471 g/mol. The first kappa shape index (κ1) is 25.3. The fraction of sp³-hybridized carbons (Fsp3) is 0.333. The molecule has 2 heterocycles. The Balaban J connectivity index is 1.50. The van der Waals surface area contributed by atoms with Crippen LogP contribution in [0.5, 0.6) is 5.75 Å². The molecule has 9 heteroatoms. The third-order valence-electron chi connectivity index (χ3n) is 5.52. The lowest BCUT2D eigenvalue weighted by atomic mass is 10.1. The first-order valence-corrected chi connectivity index (χ1v) is 11.6. The number of esters is 1. The molecule has 0 N–H and O–H groups in total. The van der Waals surface area contributed by atoms with Crippen molar-refractivity contribution in [1.29, 1.82) is 0 Å². The summed E-state index contributed by atoms with van der Waals surface area (Å²) >= 11 is 0. The molecule has 0 fully saturated rings. The van der Waals surface area contributed by atoms with Gasteiger partial charge in [-0.1, -0.05) is 12.1 Å². The van der Waals surface area contributed by atoms with Crippen LogP contribution in [-0.2, 0) is 35.4 Å². The van der Waals surface area contributed by atoms with E-state index in [2.05, 4.69) is 5.10 Å². The van der Waals surface area contributed by atoms with Crippen molar-refractivity contribution in [3.8, 4) is 17.0 Å². The Morgan fingerprint density at radius 3 is 2.36 bits per heavy atom. The Kier molecular flexibility index (Phi) is 6.84. The summed E-state index contributed by atoms with van der Waals surface area (Å²) in [6.07, 6.45) is -2.55. The van der Waals surface area contributed by atoms with Crippen LogP contribution in [0.3, 0.4) is 0 Å². The summed E-state index contributed by atoms with van der Waals surface area (Å²) in [5, 5.41) is 5.49. The lowest BCUT2D eigenvalue weighted by molar-refractivity contribution is -0.155. The molecule has 0 aliphatic rings. The number of ether oxygens (including phenoxy) is 2. The Morgan fingerprint density at radius 1 is 1.00 bits per heavy atom. The lowest BCUT2D eigenvalue weighted by Crippen LogP contribution is -2.26. The van der Waals surface area contributed by atoms with E-state index in [1.54, 1.807) is 4.68 Å². The average Bonchev–Trinajstić information content (AvgIpc) is 3.39. The van der Waals surface area contributed by atoms with Crippen LogP contribution in [0.2, 0.25) is 0 Å². The Labute approximate surface area is 207 Å². The lowest BCUT2D eigenvalue weighted by Gasteiger charge is -2.19. The Bertz CT molecular complexity index is 1360. The number of fused-ring (bicyclic) bond motifs is 1. The van der Waals surface area contributed by atoms with Crippen LogP contribution in [0.15, 0.2) is 60.8 Å².